The molecule has 0 bridgehead atoms. The second-order valence-corrected chi connectivity index (χ2v) is 4.96. The zero-order valence-corrected chi connectivity index (χ0v) is 12.7. The Hall–Kier alpha value is -0.810. The number of aliphatic hydroxyl groups is 1. The lowest BCUT2D eigenvalue weighted by Crippen LogP contribution is -2.25. The molecule has 5 heteroatoms. The Balaban J connectivity index is 2.03. The first-order chi connectivity index (χ1) is 9.74. The summed E-state index contributed by atoms with van der Waals surface area (Å²) in [4.78, 5) is 0. The summed E-state index contributed by atoms with van der Waals surface area (Å²) in [7, 11) is 0. The van der Waals surface area contributed by atoms with Gasteiger partial charge in [0, 0.05) is 13.2 Å². The average molecular weight is 302 g/mol. The normalized spacial score (nSPS) is 12.3. The summed E-state index contributed by atoms with van der Waals surface area (Å²) in [5.74, 6) is 0. The summed E-state index contributed by atoms with van der Waals surface area (Å²) in [5, 5.41) is 13.5. The molecule has 0 radical (unpaired) electrons. The summed E-state index contributed by atoms with van der Waals surface area (Å²) in [5.41, 5.74) is 0.816. The fourth-order valence-electron chi connectivity index (χ4n) is 1.58. The first-order valence-corrected chi connectivity index (χ1v) is 7.43. The standard InChI is InChI=1S/C15H24ClNO3/c1-2-3-8-19-9-10-20-12-13(18)11-17-15-7-5-4-6-14(15)16/h4-7,13,17-18H,2-3,8-12H2,1H3. The molecule has 0 aliphatic rings. The smallest absolute Gasteiger partial charge is 0.0945 e. The molecule has 0 fully saturated rings. The maximum absolute atomic E-state index is 9.77. The Morgan fingerprint density at radius 3 is 2.70 bits per heavy atom. The number of hydrogen-bond donors (Lipinski definition) is 2. The van der Waals surface area contributed by atoms with Crippen LogP contribution in [0.25, 0.3) is 0 Å². The van der Waals surface area contributed by atoms with Crippen LogP contribution in [0.4, 0.5) is 5.69 Å². The van der Waals surface area contributed by atoms with Gasteiger partial charge in [-0.2, -0.15) is 0 Å². The second-order valence-electron chi connectivity index (χ2n) is 4.56. The summed E-state index contributed by atoms with van der Waals surface area (Å²) in [6.07, 6.45) is 1.64. The van der Waals surface area contributed by atoms with E-state index in [1.54, 1.807) is 6.07 Å². The van der Waals surface area contributed by atoms with Gasteiger partial charge in [-0.25, -0.2) is 0 Å². The van der Waals surface area contributed by atoms with E-state index in [9.17, 15) is 5.11 Å². The van der Waals surface area contributed by atoms with E-state index in [0.717, 1.165) is 25.1 Å². The third-order valence-electron chi connectivity index (χ3n) is 2.73. The Bertz CT molecular complexity index is 363. The van der Waals surface area contributed by atoms with Gasteiger partial charge in [0.25, 0.3) is 0 Å². The van der Waals surface area contributed by atoms with Crippen LogP contribution in [0.1, 0.15) is 19.8 Å². The van der Waals surface area contributed by atoms with Crippen LogP contribution in [0.3, 0.4) is 0 Å². The van der Waals surface area contributed by atoms with Crippen LogP contribution in [-0.4, -0.2) is 44.2 Å². The van der Waals surface area contributed by atoms with E-state index < -0.39 is 6.10 Å². The Labute approximate surface area is 126 Å². The van der Waals surface area contributed by atoms with Crippen LogP contribution >= 0.6 is 11.6 Å². The monoisotopic (exact) mass is 301 g/mol. The molecule has 1 unspecified atom stereocenters. The molecule has 1 rings (SSSR count). The largest absolute Gasteiger partial charge is 0.389 e. The average Bonchev–Trinajstić information content (AvgIpc) is 2.45. The van der Waals surface area contributed by atoms with Gasteiger partial charge < -0.3 is 19.9 Å². The molecule has 114 valence electrons. The minimum absolute atomic E-state index is 0.286. The molecule has 0 heterocycles. The van der Waals surface area contributed by atoms with Crippen LogP contribution in [-0.2, 0) is 9.47 Å². The summed E-state index contributed by atoms with van der Waals surface area (Å²) in [6.45, 7) is 4.67. The predicted molar refractivity (Wildman–Crippen MR) is 82.5 cm³/mol. The van der Waals surface area contributed by atoms with Crippen LogP contribution in [0.15, 0.2) is 24.3 Å². The van der Waals surface area contributed by atoms with Crippen molar-refractivity contribution in [2.75, 3.05) is 38.3 Å². The van der Waals surface area contributed by atoms with Gasteiger partial charge in [-0.3, -0.25) is 0 Å². The fraction of sp³-hybridized carbons (Fsp3) is 0.600. The zero-order chi connectivity index (χ0) is 14.6. The highest BCUT2D eigenvalue weighted by Gasteiger charge is 2.05. The lowest BCUT2D eigenvalue weighted by Gasteiger charge is -2.14. The SMILES string of the molecule is CCCCOCCOCC(O)CNc1ccccc1Cl. The van der Waals surface area contributed by atoms with Crippen molar-refractivity contribution in [3.8, 4) is 0 Å². The molecule has 0 spiro atoms. The third kappa shape index (κ3) is 7.70. The van der Waals surface area contributed by atoms with Gasteiger partial charge >= 0.3 is 0 Å². The maximum Gasteiger partial charge on any atom is 0.0945 e. The van der Waals surface area contributed by atoms with Crippen molar-refractivity contribution in [3.63, 3.8) is 0 Å². The molecule has 20 heavy (non-hydrogen) atoms. The molecular weight excluding hydrogens is 278 g/mol. The maximum atomic E-state index is 9.77. The minimum atomic E-state index is -0.568. The fourth-order valence-corrected chi connectivity index (χ4v) is 1.78. The highest BCUT2D eigenvalue weighted by atomic mass is 35.5. The number of halogens is 1. The van der Waals surface area contributed by atoms with Crippen molar-refractivity contribution in [1.29, 1.82) is 0 Å². The molecule has 1 aromatic rings. The highest BCUT2D eigenvalue weighted by molar-refractivity contribution is 6.33. The Morgan fingerprint density at radius 1 is 1.20 bits per heavy atom. The van der Waals surface area contributed by atoms with Crippen molar-refractivity contribution in [1.82, 2.24) is 0 Å². The number of benzene rings is 1. The van der Waals surface area contributed by atoms with Crippen molar-refractivity contribution < 1.29 is 14.6 Å². The topological polar surface area (TPSA) is 50.7 Å². The van der Waals surface area contributed by atoms with Gasteiger partial charge in [0.05, 0.1) is 36.6 Å². The molecule has 0 aromatic heterocycles. The molecule has 1 aromatic carbocycles. The first-order valence-electron chi connectivity index (χ1n) is 7.06. The van der Waals surface area contributed by atoms with Crippen LogP contribution < -0.4 is 5.32 Å². The van der Waals surface area contributed by atoms with Crippen LogP contribution in [0.2, 0.25) is 5.02 Å². The van der Waals surface area contributed by atoms with E-state index >= 15 is 0 Å². The number of nitrogens with one attached hydrogen (secondary N) is 1. The van der Waals surface area contributed by atoms with Gasteiger partial charge in [-0.15, -0.1) is 0 Å². The zero-order valence-electron chi connectivity index (χ0n) is 12.0. The van der Waals surface area contributed by atoms with Gasteiger partial charge in [0.2, 0.25) is 0 Å². The molecule has 4 nitrogen and oxygen atoms in total. The molecule has 0 amide bonds. The Kier molecular flexibility index (Phi) is 9.41. The number of unbranched alkanes of at least 4 members (excludes halogenated alkanes) is 1. The molecule has 0 aliphatic heterocycles. The lowest BCUT2D eigenvalue weighted by atomic mass is 10.3. The van der Waals surface area contributed by atoms with Crippen molar-refractivity contribution in [2.24, 2.45) is 0 Å². The third-order valence-corrected chi connectivity index (χ3v) is 3.06. The van der Waals surface area contributed by atoms with Gasteiger partial charge in [-0.05, 0) is 18.6 Å². The van der Waals surface area contributed by atoms with E-state index in [4.69, 9.17) is 21.1 Å². The number of anilines is 1. The van der Waals surface area contributed by atoms with Crippen molar-refractivity contribution >= 4 is 17.3 Å². The highest BCUT2D eigenvalue weighted by Crippen LogP contribution is 2.20. The van der Waals surface area contributed by atoms with Gasteiger partial charge in [0.1, 0.15) is 0 Å². The van der Waals surface area contributed by atoms with Crippen molar-refractivity contribution in [3.05, 3.63) is 29.3 Å². The minimum Gasteiger partial charge on any atom is -0.389 e. The number of hydrogen-bond acceptors (Lipinski definition) is 4. The molecule has 2 N–H and O–H groups in total. The molecule has 1 atom stereocenters. The van der Waals surface area contributed by atoms with Crippen LogP contribution in [0, 0.1) is 0 Å². The van der Waals surface area contributed by atoms with Gasteiger partial charge in [-0.1, -0.05) is 37.1 Å². The van der Waals surface area contributed by atoms with E-state index in [1.165, 1.54) is 0 Å². The number of aliphatic hydroxyl groups excluding tert-OH is 1. The van der Waals surface area contributed by atoms with Gasteiger partial charge in [0.15, 0.2) is 0 Å². The molecular formula is C15H24ClNO3. The summed E-state index contributed by atoms with van der Waals surface area (Å²) in [6, 6.07) is 7.44. The predicted octanol–water partition coefficient (Wildman–Crippen LogP) is 2.95. The second kappa shape index (κ2) is 10.9. The van der Waals surface area contributed by atoms with E-state index in [0.29, 0.717) is 24.8 Å². The molecule has 0 saturated carbocycles. The number of para-hydroxylation sites is 1. The first kappa shape index (κ1) is 17.2. The van der Waals surface area contributed by atoms with Crippen molar-refractivity contribution in [2.45, 2.75) is 25.9 Å². The quantitative estimate of drug-likeness (QED) is 0.617. The lowest BCUT2D eigenvalue weighted by molar-refractivity contribution is 0.00749. The summed E-state index contributed by atoms with van der Waals surface area (Å²) >= 11 is 6.00. The van der Waals surface area contributed by atoms with E-state index in [1.807, 2.05) is 18.2 Å². The summed E-state index contributed by atoms with van der Waals surface area (Å²) < 4.78 is 10.7. The molecule has 0 aliphatic carbocycles. The molecule has 0 saturated heterocycles. The number of rotatable bonds is 11. The van der Waals surface area contributed by atoms with E-state index in [-0.39, 0.29) is 6.61 Å². The number of ether oxygens (including phenoxy) is 2. The van der Waals surface area contributed by atoms with E-state index in [2.05, 4.69) is 12.2 Å². The van der Waals surface area contributed by atoms with Crippen LogP contribution in [0.5, 0.6) is 0 Å². The Morgan fingerprint density at radius 2 is 1.95 bits per heavy atom.